The lowest BCUT2D eigenvalue weighted by atomic mass is 10.1. The maximum atomic E-state index is 12.0. The first-order valence-electron chi connectivity index (χ1n) is 6.28. The van der Waals surface area contributed by atoms with Gasteiger partial charge in [-0.1, -0.05) is 12.2 Å². The molecule has 0 bridgehead atoms. The van der Waals surface area contributed by atoms with E-state index in [9.17, 15) is 4.79 Å². The van der Waals surface area contributed by atoms with E-state index in [2.05, 4.69) is 18.8 Å². The molecule has 0 radical (unpaired) electrons. The molecule has 1 fully saturated rings. The van der Waals surface area contributed by atoms with E-state index in [-0.39, 0.29) is 10.8 Å². The van der Waals surface area contributed by atoms with Crippen molar-refractivity contribution in [3.05, 3.63) is 12.2 Å². The fraction of sp³-hybridized carbons (Fsp3) is 0.769. The van der Waals surface area contributed by atoms with Gasteiger partial charge in [-0.15, -0.1) is 0 Å². The minimum atomic E-state index is 0.0317. The molecule has 0 aromatic carbocycles. The van der Waals surface area contributed by atoms with Crippen molar-refractivity contribution in [2.75, 3.05) is 25.4 Å². The summed E-state index contributed by atoms with van der Waals surface area (Å²) in [6.07, 6.45) is 2.46. The van der Waals surface area contributed by atoms with Crippen LogP contribution in [0, 0.1) is 0 Å². The third-order valence-electron chi connectivity index (χ3n) is 3.04. The van der Waals surface area contributed by atoms with Gasteiger partial charge >= 0.3 is 6.03 Å². The van der Waals surface area contributed by atoms with Crippen LogP contribution in [0.25, 0.3) is 0 Å². The molecule has 1 saturated heterocycles. The zero-order valence-electron chi connectivity index (χ0n) is 11.2. The van der Waals surface area contributed by atoms with Crippen molar-refractivity contribution in [2.45, 2.75) is 38.4 Å². The molecule has 3 nitrogen and oxygen atoms in total. The van der Waals surface area contributed by atoms with Gasteiger partial charge in [0.15, 0.2) is 0 Å². The van der Waals surface area contributed by atoms with Crippen molar-refractivity contribution in [1.82, 2.24) is 10.2 Å². The van der Waals surface area contributed by atoms with Crippen LogP contribution in [0.4, 0.5) is 4.79 Å². The minimum Gasteiger partial charge on any atom is -0.337 e. The van der Waals surface area contributed by atoms with Gasteiger partial charge in [-0.25, -0.2) is 4.79 Å². The van der Waals surface area contributed by atoms with Gasteiger partial charge in [0.05, 0.1) is 0 Å². The quantitative estimate of drug-likeness (QED) is 0.767. The van der Waals surface area contributed by atoms with Gasteiger partial charge in [-0.3, -0.25) is 0 Å². The van der Waals surface area contributed by atoms with Crippen LogP contribution in [-0.2, 0) is 0 Å². The smallest absolute Gasteiger partial charge is 0.317 e. The Hall–Kier alpha value is -0.640. The fourth-order valence-corrected chi connectivity index (χ4v) is 3.25. The molecule has 1 heterocycles. The van der Waals surface area contributed by atoms with Gasteiger partial charge in [-0.2, -0.15) is 11.8 Å². The average molecular weight is 256 g/mol. The van der Waals surface area contributed by atoms with Gasteiger partial charge in [-0.05, 0) is 39.4 Å². The lowest BCUT2D eigenvalue weighted by Gasteiger charge is -2.26. The molecule has 1 N–H and O–H groups in total. The monoisotopic (exact) mass is 256 g/mol. The Morgan fingerprint density at radius 3 is 2.76 bits per heavy atom. The number of thioether (sulfide) groups is 1. The molecule has 0 aromatic heterocycles. The standard InChI is InChI=1S/C13H24N2OS/c1-5-15(9-11(2)3)12(16)14-10-13(4)7-6-8-17-13/h2,5-10H2,1,3-4H3,(H,14,16). The number of amides is 2. The molecule has 0 aromatic rings. The minimum absolute atomic E-state index is 0.0317. The Morgan fingerprint density at radius 1 is 1.59 bits per heavy atom. The van der Waals surface area contributed by atoms with Crippen LogP contribution in [0.15, 0.2) is 12.2 Å². The maximum absolute atomic E-state index is 12.0. The molecular formula is C13H24N2OS. The summed E-state index contributed by atoms with van der Waals surface area (Å²) in [5, 5.41) is 3.05. The first-order chi connectivity index (χ1) is 7.97. The Bertz CT molecular complexity index is 285. The molecule has 1 unspecified atom stereocenters. The number of carbonyl (C=O) groups excluding carboxylic acids is 1. The van der Waals surface area contributed by atoms with Crippen molar-refractivity contribution in [1.29, 1.82) is 0 Å². The van der Waals surface area contributed by atoms with Crippen molar-refractivity contribution in [3.8, 4) is 0 Å². The van der Waals surface area contributed by atoms with Crippen molar-refractivity contribution < 1.29 is 4.79 Å². The predicted molar refractivity (Wildman–Crippen MR) is 75.6 cm³/mol. The second kappa shape index (κ2) is 6.34. The number of nitrogens with one attached hydrogen (secondary N) is 1. The van der Waals surface area contributed by atoms with Gasteiger partial charge in [0, 0.05) is 24.4 Å². The first kappa shape index (κ1) is 14.4. The van der Waals surface area contributed by atoms with E-state index >= 15 is 0 Å². The summed E-state index contributed by atoms with van der Waals surface area (Å²) in [5.41, 5.74) is 1.02. The Balaban J connectivity index is 2.39. The first-order valence-corrected chi connectivity index (χ1v) is 7.26. The SMILES string of the molecule is C=C(C)CN(CC)C(=O)NCC1(C)CCCS1. The van der Waals surface area contributed by atoms with Gasteiger partial charge in [0.2, 0.25) is 0 Å². The zero-order valence-corrected chi connectivity index (χ0v) is 12.0. The summed E-state index contributed by atoms with van der Waals surface area (Å²) in [6, 6.07) is 0.0317. The highest BCUT2D eigenvalue weighted by Crippen LogP contribution is 2.36. The highest BCUT2D eigenvalue weighted by Gasteiger charge is 2.30. The topological polar surface area (TPSA) is 32.3 Å². The van der Waals surface area contributed by atoms with E-state index in [4.69, 9.17) is 0 Å². The highest BCUT2D eigenvalue weighted by atomic mass is 32.2. The fourth-order valence-electron chi connectivity index (χ4n) is 2.00. The number of hydrogen-bond donors (Lipinski definition) is 1. The normalized spacial score (nSPS) is 23.5. The average Bonchev–Trinajstić information content (AvgIpc) is 2.70. The summed E-state index contributed by atoms with van der Waals surface area (Å²) in [7, 11) is 0. The Morgan fingerprint density at radius 2 is 2.29 bits per heavy atom. The van der Waals surface area contributed by atoms with E-state index in [1.807, 2.05) is 25.6 Å². The van der Waals surface area contributed by atoms with Crippen LogP contribution < -0.4 is 5.32 Å². The van der Waals surface area contributed by atoms with E-state index in [0.717, 1.165) is 18.7 Å². The summed E-state index contributed by atoms with van der Waals surface area (Å²) < 4.78 is 0.234. The van der Waals surface area contributed by atoms with Crippen molar-refractivity contribution >= 4 is 17.8 Å². The molecular weight excluding hydrogens is 232 g/mol. The van der Waals surface area contributed by atoms with Crippen LogP contribution >= 0.6 is 11.8 Å². The summed E-state index contributed by atoms with van der Waals surface area (Å²) in [4.78, 5) is 13.8. The zero-order chi connectivity index (χ0) is 12.9. The lowest BCUT2D eigenvalue weighted by Crippen LogP contribution is -2.45. The molecule has 1 rings (SSSR count). The largest absolute Gasteiger partial charge is 0.337 e. The number of likely N-dealkylation sites (N-methyl/N-ethyl adjacent to an activating group) is 1. The lowest BCUT2D eigenvalue weighted by molar-refractivity contribution is 0.203. The van der Waals surface area contributed by atoms with E-state index < -0.39 is 0 Å². The number of rotatable bonds is 5. The molecule has 0 saturated carbocycles. The molecule has 4 heteroatoms. The van der Waals surface area contributed by atoms with E-state index in [0.29, 0.717) is 6.54 Å². The Labute approximate surface area is 109 Å². The maximum Gasteiger partial charge on any atom is 0.317 e. The molecule has 1 aliphatic rings. The van der Waals surface area contributed by atoms with Crippen LogP contribution in [0.5, 0.6) is 0 Å². The predicted octanol–water partition coefficient (Wildman–Crippen LogP) is 2.88. The second-order valence-corrected chi connectivity index (χ2v) is 6.71. The summed E-state index contributed by atoms with van der Waals surface area (Å²) in [5.74, 6) is 1.22. The van der Waals surface area contributed by atoms with Gasteiger partial charge in [0.25, 0.3) is 0 Å². The van der Waals surface area contributed by atoms with Gasteiger partial charge in [0.1, 0.15) is 0 Å². The molecule has 1 atom stereocenters. The van der Waals surface area contributed by atoms with Crippen LogP contribution in [0.1, 0.15) is 33.6 Å². The van der Waals surface area contributed by atoms with Crippen LogP contribution in [0.3, 0.4) is 0 Å². The third-order valence-corrected chi connectivity index (χ3v) is 4.58. The van der Waals surface area contributed by atoms with Crippen molar-refractivity contribution in [2.24, 2.45) is 0 Å². The van der Waals surface area contributed by atoms with Gasteiger partial charge < -0.3 is 10.2 Å². The Kier molecular flexibility index (Phi) is 5.37. The molecule has 1 aliphatic heterocycles. The summed E-state index contributed by atoms with van der Waals surface area (Å²) >= 11 is 1.97. The molecule has 2 amide bonds. The molecule has 0 aliphatic carbocycles. The molecule has 0 spiro atoms. The third kappa shape index (κ3) is 4.62. The van der Waals surface area contributed by atoms with E-state index in [1.165, 1.54) is 18.6 Å². The van der Waals surface area contributed by atoms with Crippen LogP contribution in [0.2, 0.25) is 0 Å². The van der Waals surface area contributed by atoms with Crippen LogP contribution in [-0.4, -0.2) is 41.1 Å². The van der Waals surface area contributed by atoms with Crippen molar-refractivity contribution in [3.63, 3.8) is 0 Å². The number of urea groups is 1. The second-order valence-electron chi connectivity index (χ2n) is 5.03. The number of nitrogens with zero attached hydrogens (tertiary/aromatic N) is 1. The number of carbonyl (C=O) groups is 1. The summed E-state index contributed by atoms with van der Waals surface area (Å²) in [6.45, 7) is 12.2. The molecule has 17 heavy (non-hydrogen) atoms. The molecule has 98 valence electrons. The highest BCUT2D eigenvalue weighted by molar-refractivity contribution is 8.00. The number of hydrogen-bond acceptors (Lipinski definition) is 2. The van der Waals surface area contributed by atoms with E-state index in [1.54, 1.807) is 4.90 Å².